The number of pyridine rings is 1. The third kappa shape index (κ3) is 2.91. The van der Waals surface area contributed by atoms with E-state index in [9.17, 15) is 9.59 Å². The summed E-state index contributed by atoms with van der Waals surface area (Å²) >= 11 is 0. The number of urea groups is 1. The molecule has 0 spiro atoms. The number of rotatable bonds is 3. The Labute approximate surface area is 138 Å². The van der Waals surface area contributed by atoms with Crippen molar-refractivity contribution in [2.24, 2.45) is 7.05 Å². The van der Waals surface area contributed by atoms with Crippen molar-refractivity contribution in [1.82, 2.24) is 14.3 Å². The molecule has 3 aromatic rings. The largest absolute Gasteiger partial charge is 0.323 e. The quantitative estimate of drug-likeness (QED) is 0.777. The molecular weight excluding hydrogens is 306 g/mol. The summed E-state index contributed by atoms with van der Waals surface area (Å²) in [6.45, 7) is 1.78. The van der Waals surface area contributed by atoms with Crippen molar-refractivity contribution in [3.8, 4) is 5.69 Å². The molecule has 0 saturated carbocycles. The average Bonchev–Trinajstić information content (AvgIpc) is 2.80. The summed E-state index contributed by atoms with van der Waals surface area (Å²) in [6.07, 6.45) is 3.14. The molecule has 0 bridgehead atoms. The molecule has 2 heterocycles. The molecule has 0 aliphatic carbocycles. The lowest BCUT2D eigenvalue weighted by atomic mass is 10.3. The van der Waals surface area contributed by atoms with Crippen LogP contribution >= 0.6 is 0 Å². The Morgan fingerprint density at radius 3 is 2.50 bits per heavy atom. The number of aromatic nitrogens is 3. The van der Waals surface area contributed by atoms with Crippen LogP contribution in [0.2, 0.25) is 0 Å². The molecule has 0 unspecified atom stereocenters. The summed E-state index contributed by atoms with van der Waals surface area (Å²) in [6, 6.07) is 12.2. The Morgan fingerprint density at radius 2 is 1.83 bits per heavy atom. The van der Waals surface area contributed by atoms with Gasteiger partial charge in [0.25, 0.3) is 5.56 Å². The summed E-state index contributed by atoms with van der Waals surface area (Å²) in [5.41, 5.74) is 1.89. The van der Waals surface area contributed by atoms with Crippen molar-refractivity contribution in [3.63, 3.8) is 0 Å². The van der Waals surface area contributed by atoms with Crippen LogP contribution < -0.4 is 16.2 Å². The van der Waals surface area contributed by atoms with Crippen molar-refractivity contribution in [1.29, 1.82) is 0 Å². The highest BCUT2D eigenvalue weighted by Gasteiger charge is 2.17. The molecule has 24 heavy (non-hydrogen) atoms. The Kier molecular flexibility index (Phi) is 4.15. The zero-order chi connectivity index (χ0) is 17.1. The van der Waals surface area contributed by atoms with E-state index in [4.69, 9.17) is 0 Å². The van der Waals surface area contributed by atoms with E-state index < -0.39 is 6.03 Å². The first-order valence-electron chi connectivity index (χ1n) is 7.40. The minimum Gasteiger partial charge on any atom is -0.306 e. The highest BCUT2D eigenvalue weighted by Crippen LogP contribution is 2.14. The molecule has 0 aliphatic rings. The van der Waals surface area contributed by atoms with E-state index in [1.807, 2.05) is 30.3 Å². The van der Waals surface area contributed by atoms with Crippen LogP contribution in [-0.4, -0.2) is 20.4 Å². The van der Waals surface area contributed by atoms with E-state index in [1.165, 1.54) is 10.9 Å². The minimum atomic E-state index is -0.492. The number of nitrogens with zero attached hydrogens (tertiary/aromatic N) is 3. The van der Waals surface area contributed by atoms with Crippen LogP contribution in [0.4, 0.5) is 16.2 Å². The normalized spacial score (nSPS) is 10.4. The maximum absolute atomic E-state index is 12.7. The Bertz CT molecular complexity index is 913. The van der Waals surface area contributed by atoms with E-state index in [-0.39, 0.29) is 11.2 Å². The first-order valence-corrected chi connectivity index (χ1v) is 7.40. The van der Waals surface area contributed by atoms with Gasteiger partial charge in [0.1, 0.15) is 5.69 Å². The van der Waals surface area contributed by atoms with Crippen molar-refractivity contribution < 1.29 is 4.79 Å². The van der Waals surface area contributed by atoms with E-state index in [0.29, 0.717) is 11.4 Å². The second kappa shape index (κ2) is 6.41. The van der Waals surface area contributed by atoms with E-state index >= 15 is 0 Å². The van der Waals surface area contributed by atoms with Crippen LogP contribution in [0.5, 0.6) is 0 Å². The fourth-order valence-electron chi connectivity index (χ4n) is 2.42. The van der Waals surface area contributed by atoms with E-state index in [0.717, 1.165) is 5.69 Å². The molecule has 1 aromatic carbocycles. The third-order valence-corrected chi connectivity index (χ3v) is 3.71. The number of nitrogens with one attached hydrogen (secondary N) is 2. The van der Waals surface area contributed by atoms with Gasteiger partial charge in [-0.25, -0.2) is 9.48 Å². The number of amides is 2. The van der Waals surface area contributed by atoms with Gasteiger partial charge in [0.15, 0.2) is 0 Å². The molecule has 0 radical (unpaired) electrons. The van der Waals surface area contributed by atoms with Gasteiger partial charge in [-0.1, -0.05) is 18.2 Å². The van der Waals surface area contributed by atoms with Gasteiger partial charge >= 0.3 is 6.03 Å². The Morgan fingerprint density at radius 1 is 1.08 bits per heavy atom. The summed E-state index contributed by atoms with van der Waals surface area (Å²) in [5.74, 6) is 0. The predicted octanol–water partition coefficient (Wildman–Crippen LogP) is 2.52. The number of carbonyl (C=O) groups excluding carboxylic acids is 1. The predicted molar refractivity (Wildman–Crippen MR) is 92.6 cm³/mol. The molecule has 0 aliphatic heterocycles. The fourth-order valence-corrected chi connectivity index (χ4v) is 2.42. The number of para-hydroxylation sites is 1. The molecule has 2 N–H and O–H groups in total. The maximum atomic E-state index is 12.7. The molecule has 7 heteroatoms. The second-order valence-electron chi connectivity index (χ2n) is 5.26. The van der Waals surface area contributed by atoms with Crippen LogP contribution in [0.15, 0.2) is 59.7 Å². The Balaban J connectivity index is 1.90. The summed E-state index contributed by atoms with van der Waals surface area (Å²) in [7, 11) is 1.77. The molecule has 0 fully saturated rings. The minimum absolute atomic E-state index is 0.239. The van der Waals surface area contributed by atoms with Gasteiger partial charge in [0.05, 0.1) is 23.3 Å². The first-order chi connectivity index (χ1) is 11.6. The molecule has 3 rings (SSSR count). The smallest absolute Gasteiger partial charge is 0.306 e. The number of carbonyl (C=O) groups is 1. The Hall–Kier alpha value is -3.35. The van der Waals surface area contributed by atoms with Crippen molar-refractivity contribution in [2.75, 3.05) is 10.6 Å². The highest BCUT2D eigenvalue weighted by atomic mass is 16.2. The number of benzene rings is 1. The summed E-state index contributed by atoms with van der Waals surface area (Å²) < 4.78 is 3.21. The van der Waals surface area contributed by atoms with Crippen molar-refractivity contribution in [3.05, 3.63) is 70.9 Å². The van der Waals surface area contributed by atoms with Crippen LogP contribution in [0.3, 0.4) is 0 Å². The van der Waals surface area contributed by atoms with Crippen LogP contribution in [0, 0.1) is 6.92 Å². The van der Waals surface area contributed by atoms with Gasteiger partial charge < -0.3 is 10.6 Å². The lowest BCUT2D eigenvalue weighted by Gasteiger charge is -2.07. The summed E-state index contributed by atoms with van der Waals surface area (Å²) in [5, 5.41) is 5.27. The topological polar surface area (TPSA) is 81.0 Å². The van der Waals surface area contributed by atoms with E-state index in [1.54, 1.807) is 37.0 Å². The molecule has 2 aromatic heterocycles. The van der Waals surface area contributed by atoms with E-state index in [2.05, 4.69) is 15.6 Å². The molecule has 2 amide bonds. The maximum Gasteiger partial charge on any atom is 0.323 e. The van der Waals surface area contributed by atoms with Crippen LogP contribution in [-0.2, 0) is 7.05 Å². The van der Waals surface area contributed by atoms with Gasteiger partial charge in [-0.15, -0.1) is 0 Å². The molecule has 7 nitrogen and oxygen atoms in total. The number of anilines is 2. The monoisotopic (exact) mass is 323 g/mol. The zero-order valence-corrected chi connectivity index (χ0v) is 13.4. The van der Waals surface area contributed by atoms with Gasteiger partial charge in [-0.05, 0) is 31.2 Å². The zero-order valence-electron chi connectivity index (χ0n) is 13.4. The SMILES string of the molecule is Cc1c(NC(=O)Nc2cccnc2)c(=O)n(-c2ccccc2)n1C. The average molecular weight is 323 g/mol. The standard InChI is InChI=1S/C17H17N5O2/c1-12-15(20-17(24)19-13-7-6-10-18-11-13)16(23)22(21(12)2)14-8-4-3-5-9-14/h3-11H,1-2H3,(H2,19,20,24). The number of hydrogen-bond acceptors (Lipinski definition) is 3. The lowest BCUT2D eigenvalue weighted by molar-refractivity contribution is 0.262. The van der Waals surface area contributed by atoms with Crippen molar-refractivity contribution >= 4 is 17.4 Å². The van der Waals surface area contributed by atoms with Crippen molar-refractivity contribution in [2.45, 2.75) is 6.92 Å². The van der Waals surface area contributed by atoms with Gasteiger partial charge in [0, 0.05) is 13.2 Å². The molecule has 0 saturated heterocycles. The lowest BCUT2D eigenvalue weighted by Crippen LogP contribution is -2.25. The molecule has 122 valence electrons. The molecular formula is C17H17N5O2. The van der Waals surface area contributed by atoms with Gasteiger partial charge in [-0.3, -0.25) is 14.5 Å². The van der Waals surface area contributed by atoms with Gasteiger partial charge in [0.2, 0.25) is 0 Å². The molecule has 0 atom stereocenters. The fraction of sp³-hybridized carbons (Fsp3) is 0.118. The van der Waals surface area contributed by atoms with Crippen LogP contribution in [0.1, 0.15) is 5.69 Å². The van der Waals surface area contributed by atoms with Gasteiger partial charge in [-0.2, -0.15) is 0 Å². The number of hydrogen-bond donors (Lipinski definition) is 2. The van der Waals surface area contributed by atoms with Crippen LogP contribution in [0.25, 0.3) is 5.69 Å². The third-order valence-electron chi connectivity index (χ3n) is 3.71. The second-order valence-corrected chi connectivity index (χ2v) is 5.26. The first kappa shape index (κ1) is 15.5. The highest BCUT2D eigenvalue weighted by molar-refractivity contribution is 5.99. The summed E-state index contributed by atoms with van der Waals surface area (Å²) in [4.78, 5) is 28.7.